The van der Waals surface area contributed by atoms with Gasteiger partial charge in [0.2, 0.25) is 0 Å². The predicted molar refractivity (Wildman–Crippen MR) is 98.1 cm³/mol. The number of nitrogens with zero attached hydrogens (tertiary/aromatic N) is 3. The molecular weight excluding hydrogens is 358 g/mol. The van der Waals surface area contributed by atoms with Gasteiger partial charge in [0, 0.05) is 18.7 Å². The van der Waals surface area contributed by atoms with E-state index < -0.39 is 5.97 Å². The van der Waals surface area contributed by atoms with Crippen LogP contribution >= 0.6 is 11.6 Å². The zero-order valence-electron chi connectivity index (χ0n) is 14.3. The lowest BCUT2D eigenvalue weighted by Gasteiger charge is -2.08. The molecule has 138 valence electrons. The normalized spacial score (nSPS) is 11.0. The smallest absolute Gasteiger partial charge is 0.305 e. The molecule has 0 fully saturated rings. The Morgan fingerprint density at radius 2 is 2.15 bits per heavy atom. The third-order valence-corrected chi connectivity index (χ3v) is 4.31. The Bertz CT molecular complexity index is 888. The molecule has 0 bridgehead atoms. The third kappa shape index (κ3) is 4.26. The molecule has 0 saturated carbocycles. The van der Waals surface area contributed by atoms with Gasteiger partial charge in [0.1, 0.15) is 10.8 Å². The van der Waals surface area contributed by atoms with Crippen molar-refractivity contribution in [2.24, 2.45) is 0 Å². The molecule has 0 radical (unpaired) electrons. The topological polar surface area (TPSA) is 105 Å². The second-order valence-electron chi connectivity index (χ2n) is 5.85. The minimum Gasteiger partial charge on any atom is -0.494 e. The van der Waals surface area contributed by atoms with Crippen molar-refractivity contribution >= 4 is 28.9 Å². The van der Waals surface area contributed by atoms with Crippen LogP contribution in [0.5, 0.6) is 5.75 Å². The lowest BCUT2D eigenvalue weighted by molar-refractivity contribution is -0.136. The van der Waals surface area contributed by atoms with Crippen molar-refractivity contribution in [3.8, 4) is 5.75 Å². The van der Waals surface area contributed by atoms with Crippen LogP contribution in [0.3, 0.4) is 0 Å². The van der Waals surface area contributed by atoms with Crippen molar-refractivity contribution in [3.05, 3.63) is 40.8 Å². The van der Waals surface area contributed by atoms with E-state index in [4.69, 9.17) is 21.4 Å². The summed E-state index contributed by atoms with van der Waals surface area (Å²) < 4.78 is 7.46. The fourth-order valence-electron chi connectivity index (χ4n) is 2.52. The molecular formula is C17H20ClN5O3. The monoisotopic (exact) mass is 377 g/mol. The van der Waals surface area contributed by atoms with E-state index in [1.807, 2.05) is 31.2 Å². The van der Waals surface area contributed by atoms with Gasteiger partial charge >= 0.3 is 5.97 Å². The Labute approximate surface area is 155 Å². The number of aromatic amines is 1. The Kier molecular flexibility index (Phi) is 5.62. The van der Waals surface area contributed by atoms with E-state index >= 15 is 0 Å². The summed E-state index contributed by atoms with van der Waals surface area (Å²) >= 11 is 6.14. The molecule has 3 N–H and O–H groups in total. The molecule has 0 aliphatic rings. The van der Waals surface area contributed by atoms with Crippen LogP contribution in [0.15, 0.2) is 24.3 Å². The SMILES string of the molecule is Cc1nn2c(CCCOc3ccc(NCCC(=O)O)cc3)n[nH]c2c1Cl. The summed E-state index contributed by atoms with van der Waals surface area (Å²) in [4.78, 5) is 10.5. The quantitative estimate of drug-likeness (QED) is 0.495. The van der Waals surface area contributed by atoms with Gasteiger partial charge < -0.3 is 15.2 Å². The number of halogens is 1. The van der Waals surface area contributed by atoms with Crippen molar-refractivity contribution in [2.45, 2.75) is 26.2 Å². The highest BCUT2D eigenvalue weighted by atomic mass is 35.5. The molecule has 0 saturated heterocycles. The van der Waals surface area contributed by atoms with E-state index in [1.54, 1.807) is 4.52 Å². The number of ether oxygens (including phenoxy) is 1. The van der Waals surface area contributed by atoms with Crippen LogP contribution in [0, 0.1) is 6.92 Å². The first-order valence-electron chi connectivity index (χ1n) is 8.31. The molecule has 9 heteroatoms. The predicted octanol–water partition coefficient (Wildman–Crippen LogP) is 2.92. The van der Waals surface area contributed by atoms with Crippen molar-refractivity contribution in [3.63, 3.8) is 0 Å². The Hall–Kier alpha value is -2.74. The number of aryl methyl sites for hydroxylation is 2. The van der Waals surface area contributed by atoms with E-state index in [0.717, 1.165) is 29.4 Å². The summed E-state index contributed by atoms with van der Waals surface area (Å²) in [5, 5.41) is 23.8. The molecule has 0 amide bonds. The zero-order valence-corrected chi connectivity index (χ0v) is 15.1. The number of carbonyl (C=O) groups is 1. The van der Waals surface area contributed by atoms with Crippen LogP contribution in [0.2, 0.25) is 5.02 Å². The average molecular weight is 378 g/mol. The molecule has 0 atom stereocenters. The highest BCUT2D eigenvalue weighted by Gasteiger charge is 2.13. The molecule has 0 spiro atoms. The maximum absolute atomic E-state index is 10.5. The number of H-pyrrole nitrogens is 1. The molecule has 0 aliphatic carbocycles. The molecule has 3 aromatic rings. The van der Waals surface area contributed by atoms with Crippen LogP contribution in [-0.4, -0.2) is 44.0 Å². The molecule has 3 rings (SSSR count). The Morgan fingerprint density at radius 1 is 1.38 bits per heavy atom. The number of benzene rings is 1. The van der Waals surface area contributed by atoms with Crippen LogP contribution in [0.4, 0.5) is 5.69 Å². The number of nitrogens with one attached hydrogen (secondary N) is 2. The van der Waals surface area contributed by atoms with Gasteiger partial charge in [-0.2, -0.15) is 14.7 Å². The van der Waals surface area contributed by atoms with E-state index in [-0.39, 0.29) is 6.42 Å². The number of aromatic nitrogens is 4. The number of hydrogen-bond donors (Lipinski definition) is 3. The van der Waals surface area contributed by atoms with Crippen LogP contribution in [0.1, 0.15) is 24.4 Å². The summed E-state index contributed by atoms with van der Waals surface area (Å²) in [6.07, 6.45) is 1.58. The van der Waals surface area contributed by atoms with E-state index in [1.165, 1.54) is 0 Å². The largest absolute Gasteiger partial charge is 0.494 e. The fraction of sp³-hybridized carbons (Fsp3) is 0.353. The molecule has 2 heterocycles. The number of carboxylic acid groups (broad SMARTS) is 1. The minimum absolute atomic E-state index is 0.0830. The number of fused-ring (bicyclic) bond motifs is 1. The first-order chi connectivity index (χ1) is 12.5. The van der Waals surface area contributed by atoms with Gasteiger partial charge in [-0.3, -0.25) is 9.89 Å². The van der Waals surface area contributed by atoms with Crippen LogP contribution in [0.25, 0.3) is 5.65 Å². The van der Waals surface area contributed by atoms with Crippen molar-refractivity contribution < 1.29 is 14.6 Å². The summed E-state index contributed by atoms with van der Waals surface area (Å²) in [7, 11) is 0. The van der Waals surface area contributed by atoms with E-state index in [2.05, 4.69) is 20.6 Å². The minimum atomic E-state index is -0.820. The standard InChI is InChI=1S/C17H20ClN5O3/c1-11-16(18)17-21-20-14(23(17)22-11)3-2-10-26-13-6-4-12(5-7-13)19-9-8-15(24)25/h4-7,19,21H,2-3,8-10H2,1H3,(H,24,25). The van der Waals surface area contributed by atoms with Gasteiger partial charge in [-0.1, -0.05) is 11.6 Å². The highest BCUT2D eigenvalue weighted by Crippen LogP contribution is 2.20. The van der Waals surface area contributed by atoms with E-state index in [0.29, 0.717) is 30.2 Å². The van der Waals surface area contributed by atoms with Gasteiger partial charge in [-0.25, -0.2) is 0 Å². The number of aliphatic carboxylic acids is 1. The van der Waals surface area contributed by atoms with Gasteiger partial charge in [-0.15, -0.1) is 0 Å². The lowest BCUT2D eigenvalue weighted by atomic mass is 10.3. The lowest BCUT2D eigenvalue weighted by Crippen LogP contribution is -2.07. The van der Waals surface area contributed by atoms with Gasteiger partial charge in [0.15, 0.2) is 11.5 Å². The van der Waals surface area contributed by atoms with Crippen LogP contribution in [-0.2, 0) is 11.2 Å². The molecule has 0 aliphatic heterocycles. The highest BCUT2D eigenvalue weighted by molar-refractivity contribution is 6.34. The summed E-state index contributed by atoms with van der Waals surface area (Å²) in [5.74, 6) is 0.759. The number of anilines is 1. The second kappa shape index (κ2) is 8.09. The van der Waals surface area contributed by atoms with E-state index in [9.17, 15) is 4.79 Å². The molecule has 2 aromatic heterocycles. The number of carboxylic acids is 1. The number of rotatable bonds is 9. The van der Waals surface area contributed by atoms with Crippen molar-refractivity contribution in [1.29, 1.82) is 0 Å². The van der Waals surface area contributed by atoms with Gasteiger partial charge in [-0.05, 0) is 37.6 Å². The maximum Gasteiger partial charge on any atom is 0.305 e. The zero-order chi connectivity index (χ0) is 18.5. The van der Waals surface area contributed by atoms with Crippen LogP contribution < -0.4 is 10.1 Å². The average Bonchev–Trinajstić information content (AvgIpc) is 3.13. The molecule has 1 aromatic carbocycles. The summed E-state index contributed by atoms with van der Waals surface area (Å²) in [6.45, 7) is 2.80. The maximum atomic E-state index is 10.5. The summed E-state index contributed by atoms with van der Waals surface area (Å²) in [6, 6.07) is 7.44. The fourth-order valence-corrected chi connectivity index (χ4v) is 2.68. The molecule has 26 heavy (non-hydrogen) atoms. The van der Waals surface area contributed by atoms with Gasteiger partial charge in [0.25, 0.3) is 0 Å². The first kappa shape index (κ1) is 18.1. The number of hydrogen-bond acceptors (Lipinski definition) is 5. The van der Waals surface area contributed by atoms with Crippen molar-refractivity contribution in [2.75, 3.05) is 18.5 Å². The Balaban J connectivity index is 1.44. The summed E-state index contributed by atoms with van der Waals surface area (Å²) in [5.41, 5.74) is 2.35. The van der Waals surface area contributed by atoms with Gasteiger partial charge in [0.05, 0.1) is 18.7 Å². The Morgan fingerprint density at radius 3 is 2.88 bits per heavy atom. The first-order valence-corrected chi connectivity index (χ1v) is 8.69. The molecule has 8 nitrogen and oxygen atoms in total. The third-order valence-electron chi connectivity index (χ3n) is 3.86. The second-order valence-corrected chi connectivity index (χ2v) is 6.22. The van der Waals surface area contributed by atoms with Crippen molar-refractivity contribution in [1.82, 2.24) is 19.8 Å². The molecule has 0 unspecified atom stereocenters.